The van der Waals surface area contributed by atoms with Crippen LogP contribution < -0.4 is 14.8 Å². The molecule has 6 heteroatoms. The maximum absolute atomic E-state index is 13.0. The van der Waals surface area contributed by atoms with Gasteiger partial charge in [-0.1, -0.05) is 12.1 Å². The van der Waals surface area contributed by atoms with Gasteiger partial charge in [0.25, 0.3) is 0 Å². The molecule has 0 amide bonds. The number of halogens is 2. The minimum Gasteiger partial charge on any atom is -0.493 e. The lowest BCUT2D eigenvalue weighted by Crippen LogP contribution is -2.12. The Morgan fingerprint density at radius 2 is 1.88 bits per heavy atom. The molecule has 0 saturated heterocycles. The lowest BCUT2D eigenvalue weighted by molar-refractivity contribution is 0.282. The predicted octanol–water partition coefficient (Wildman–Crippen LogP) is 5.06. The fourth-order valence-electron chi connectivity index (χ4n) is 2.49. The van der Waals surface area contributed by atoms with Crippen LogP contribution in [0.1, 0.15) is 16.9 Å². The van der Waals surface area contributed by atoms with E-state index in [-0.39, 0.29) is 5.82 Å². The Labute approximate surface area is 160 Å². The van der Waals surface area contributed by atoms with Gasteiger partial charge in [0.15, 0.2) is 11.5 Å². The van der Waals surface area contributed by atoms with Crippen molar-refractivity contribution in [2.45, 2.75) is 19.7 Å². The number of benzene rings is 2. The van der Waals surface area contributed by atoms with E-state index in [2.05, 4.69) is 21.2 Å². The van der Waals surface area contributed by atoms with Gasteiger partial charge in [-0.05, 0) is 63.5 Å². The van der Waals surface area contributed by atoms with Crippen molar-refractivity contribution in [3.05, 3.63) is 82.0 Å². The van der Waals surface area contributed by atoms with Crippen molar-refractivity contribution in [2.75, 3.05) is 7.11 Å². The number of hydrogen-bond acceptors (Lipinski definition) is 4. The second kappa shape index (κ2) is 8.87. The van der Waals surface area contributed by atoms with Crippen LogP contribution in [-0.4, -0.2) is 7.11 Å². The number of hydrogen-bond donors (Lipinski definition) is 1. The Morgan fingerprint density at radius 1 is 1.08 bits per heavy atom. The largest absolute Gasteiger partial charge is 0.493 e. The fourth-order valence-corrected chi connectivity index (χ4v) is 3.10. The van der Waals surface area contributed by atoms with Crippen LogP contribution in [0.3, 0.4) is 0 Å². The Balaban J connectivity index is 1.65. The molecule has 0 bridgehead atoms. The second-order valence-electron chi connectivity index (χ2n) is 5.71. The Morgan fingerprint density at radius 3 is 2.58 bits per heavy atom. The number of furan rings is 1. The molecule has 0 aliphatic carbocycles. The molecule has 0 atom stereocenters. The molecule has 0 fully saturated rings. The summed E-state index contributed by atoms with van der Waals surface area (Å²) in [5.74, 6) is 1.87. The lowest BCUT2D eigenvalue weighted by atomic mass is 10.2. The van der Waals surface area contributed by atoms with E-state index in [1.54, 1.807) is 25.5 Å². The van der Waals surface area contributed by atoms with E-state index in [4.69, 9.17) is 13.9 Å². The summed E-state index contributed by atoms with van der Waals surface area (Å²) in [6.45, 7) is 1.63. The van der Waals surface area contributed by atoms with Gasteiger partial charge >= 0.3 is 0 Å². The Bertz CT molecular complexity index is 835. The van der Waals surface area contributed by atoms with E-state index in [0.29, 0.717) is 31.2 Å². The standard InChI is InChI=1S/C20H19BrFNO3/c1-24-19-10-15(11-23-12-17-3-2-8-25-17)9-18(21)20(19)26-13-14-4-6-16(22)7-5-14/h2-10,23H,11-13H2,1H3. The molecule has 1 heterocycles. The van der Waals surface area contributed by atoms with Crippen LogP contribution in [0.25, 0.3) is 0 Å². The molecule has 1 N–H and O–H groups in total. The van der Waals surface area contributed by atoms with Gasteiger partial charge in [-0.15, -0.1) is 0 Å². The van der Waals surface area contributed by atoms with Crippen molar-refractivity contribution in [1.29, 1.82) is 0 Å². The van der Waals surface area contributed by atoms with Crippen LogP contribution in [-0.2, 0) is 19.7 Å². The van der Waals surface area contributed by atoms with Crippen molar-refractivity contribution < 1.29 is 18.3 Å². The van der Waals surface area contributed by atoms with E-state index in [1.807, 2.05) is 24.3 Å². The quantitative estimate of drug-likeness (QED) is 0.554. The molecule has 3 rings (SSSR count). The molecule has 4 nitrogen and oxygen atoms in total. The van der Waals surface area contributed by atoms with Crippen LogP contribution in [0.5, 0.6) is 11.5 Å². The molecule has 0 aliphatic heterocycles. The summed E-state index contributed by atoms with van der Waals surface area (Å²) in [6, 6.07) is 13.9. The highest BCUT2D eigenvalue weighted by molar-refractivity contribution is 9.10. The Hall–Kier alpha value is -2.31. The van der Waals surface area contributed by atoms with Gasteiger partial charge in [0, 0.05) is 6.54 Å². The third kappa shape index (κ3) is 4.86. The summed E-state index contributed by atoms with van der Waals surface area (Å²) in [5, 5.41) is 3.32. The highest BCUT2D eigenvalue weighted by Gasteiger charge is 2.12. The van der Waals surface area contributed by atoms with Crippen LogP contribution >= 0.6 is 15.9 Å². The summed E-state index contributed by atoms with van der Waals surface area (Å²) in [4.78, 5) is 0. The molecular weight excluding hydrogens is 401 g/mol. The van der Waals surface area contributed by atoms with E-state index < -0.39 is 0 Å². The molecule has 0 unspecified atom stereocenters. The first-order chi connectivity index (χ1) is 12.7. The lowest BCUT2D eigenvalue weighted by Gasteiger charge is -2.15. The molecule has 0 spiro atoms. The minimum atomic E-state index is -0.265. The topological polar surface area (TPSA) is 43.6 Å². The number of methoxy groups -OCH3 is 1. The van der Waals surface area contributed by atoms with Crippen molar-refractivity contribution in [1.82, 2.24) is 5.32 Å². The summed E-state index contributed by atoms with van der Waals surface area (Å²) < 4.78 is 30.4. The van der Waals surface area contributed by atoms with E-state index >= 15 is 0 Å². The van der Waals surface area contributed by atoms with Crippen molar-refractivity contribution >= 4 is 15.9 Å². The van der Waals surface area contributed by atoms with Gasteiger partial charge in [0.2, 0.25) is 0 Å². The number of nitrogens with one attached hydrogen (secondary N) is 1. The zero-order chi connectivity index (χ0) is 18.4. The average Bonchev–Trinajstić information content (AvgIpc) is 3.15. The molecule has 0 aliphatic rings. The van der Waals surface area contributed by atoms with Gasteiger partial charge in [0.05, 0.1) is 24.4 Å². The number of rotatable bonds is 8. The first-order valence-corrected chi connectivity index (χ1v) is 8.92. The highest BCUT2D eigenvalue weighted by atomic mass is 79.9. The van der Waals surface area contributed by atoms with Gasteiger partial charge in [-0.3, -0.25) is 0 Å². The molecule has 3 aromatic rings. The molecule has 26 heavy (non-hydrogen) atoms. The molecule has 2 aromatic carbocycles. The SMILES string of the molecule is COc1cc(CNCc2ccco2)cc(Br)c1OCc1ccc(F)cc1. The predicted molar refractivity (Wildman–Crippen MR) is 101 cm³/mol. The maximum atomic E-state index is 13.0. The zero-order valence-electron chi connectivity index (χ0n) is 14.3. The molecule has 0 saturated carbocycles. The van der Waals surface area contributed by atoms with Gasteiger partial charge in [-0.2, -0.15) is 0 Å². The zero-order valence-corrected chi connectivity index (χ0v) is 15.9. The summed E-state index contributed by atoms with van der Waals surface area (Å²) >= 11 is 3.54. The Kier molecular flexibility index (Phi) is 6.30. The maximum Gasteiger partial charge on any atom is 0.175 e. The van der Waals surface area contributed by atoms with Crippen molar-refractivity contribution in [3.63, 3.8) is 0 Å². The van der Waals surface area contributed by atoms with Crippen LogP contribution in [0.2, 0.25) is 0 Å². The van der Waals surface area contributed by atoms with E-state index in [1.165, 1.54) is 12.1 Å². The third-order valence-corrected chi connectivity index (χ3v) is 4.38. The van der Waals surface area contributed by atoms with Crippen LogP contribution in [0.15, 0.2) is 63.7 Å². The normalized spacial score (nSPS) is 10.7. The smallest absolute Gasteiger partial charge is 0.175 e. The minimum absolute atomic E-state index is 0.265. The van der Waals surface area contributed by atoms with Crippen LogP contribution in [0.4, 0.5) is 4.39 Å². The number of ether oxygens (including phenoxy) is 2. The fraction of sp³-hybridized carbons (Fsp3) is 0.200. The van der Waals surface area contributed by atoms with E-state index in [9.17, 15) is 4.39 Å². The summed E-state index contributed by atoms with van der Waals surface area (Å²) in [6.07, 6.45) is 1.66. The summed E-state index contributed by atoms with van der Waals surface area (Å²) in [5.41, 5.74) is 1.93. The second-order valence-corrected chi connectivity index (χ2v) is 6.56. The third-order valence-electron chi connectivity index (χ3n) is 3.79. The monoisotopic (exact) mass is 419 g/mol. The average molecular weight is 420 g/mol. The molecule has 0 radical (unpaired) electrons. The van der Waals surface area contributed by atoms with Crippen molar-refractivity contribution in [3.8, 4) is 11.5 Å². The van der Waals surface area contributed by atoms with Crippen molar-refractivity contribution in [2.24, 2.45) is 0 Å². The first-order valence-electron chi connectivity index (χ1n) is 8.12. The molecule has 136 valence electrons. The first kappa shape index (κ1) is 18.5. The van der Waals surface area contributed by atoms with E-state index in [0.717, 1.165) is 21.4 Å². The van der Waals surface area contributed by atoms with Crippen LogP contribution in [0, 0.1) is 5.82 Å². The van der Waals surface area contributed by atoms with Gasteiger partial charge in [0.1, 0.15) is 18.2 Å². The summed E-state index contributed by atoms with van der Waals surface area (Å²) in [7, 11) is 1.60. The van der Waals surface area contributed by atoms with Gasteiger partial charge < -0.3 is 19.2 Å². The molecule has 1 aromatic heterocycles. The highest BCUT2D eigenvalue weighted by Crippen LogP contribution is 2.37. The molecular formula is C20H19BrFNO3. The van der Waals surface area contributed by atoms with Gasteiger partial charge in [-0.25, -0.2) is 4.39 Å².